The van der Waals surface area contributed by atoms with Gasteiger partial charge in [0.1, 0.15) is 0 Å². The van der Waals surface area contributed by atoms with Gasteiger partial charge in [-0.3, -0.25) is 4.90 Å². The molecule has 0 aromatic rings. The quantitative estimate of drug-likeness (QED) is 0.557. The maximum absolute atomic E-state index is 8.82. The number of hydrogen-bond donors (Lipinski definition) is 2. The zero-order chi connectivity index (χ0) is 11.1. The van der Waals surface area contributed by atoms with E-state index in [4.69, 9.17) is 9.84 Å². The molecule has 0 aromatic carbocycles. The minimum atomic E-state index is 0.275. The Labute approximate surface area is 92.6 Å². The van der Waals surface area contributed by atoms with Crippen molar-refractivity contribution in [2.75, 3.05) is 53.0 Å². The summed E-state index contributed by atoms with van der Waals surface area (Å²) in [5, 5.41) is 12.2. The van der Waals surface area contributed by atoms with Crippen LogP contribution in [0.4, 0.5) is 0 Å². The number of methoxy groups -OCH3 is 1. The van der Waals surface area contributed by atoms with Crippen molar-refractivity contribution in [3.8, 4) is 0 Å². The third-order valence-corrected chi connectivity index (χ3v) is 3.27. The van der Waals surface area contributed by atoms with Crippen LogP contribution in [0.15, 0.2) is 0 Å². The van der Waals surface area contributed by atoms with Crippen LogP contribution in [0.3, 0.4) is 0 Å². The molecular weight excluding hydrogens is 192 g/mol. The zero-order valence-electron chi connectivity index (χ0n) is 9.96. The van der Waals surface area contributed by atoms with Crippen LogP contribution in [0.1, 0.15) is 13.3 Å². The van der Waals surface area contributed by atoms with Crippen LogP contribution in [-0.4, -0.2) is 63.1 Å². The first-order valence-corrected chi connectivity index (χ1v) is 5.79. The van der Waals surface area contributed by atoms with Gasteiger partial charge in [0.15, 0.2) is 0 Å². The van der Waals surface area contributed by atoms with E-state index in [1.165, 1.54) is 6.42 Å². The standard InChI is InChI=1S/C11H24N2O2/c1-3-11(8-12-4-7-15-2)9-13(10-11)5-6-14/h12,14H,3-10H2,1-2H3. The van der Waals surface area contributed by atoms with E-state index in [1.807, 2.05) is 0 Å². The highest BCUT2D eigenvalue weighted by molar-refractivity contribution is 4.95. The number of nitrogens with one attached hydrogen (secondary N) is 1. The number of β-amino-alcohol motifs (C(OH)–C–C–N with tert-alkyl or cyclic N) is 1. The molecule has 4 heteroatoms. The van der Waals surface area contributed by atoms with Crippen molar-refractivity contribution >= 4 is 0 Å². The Morgan fingerprint density at radius 2 is 2.20 bits per heavy atom. The Bertz CT molecular complexity index is 170. The lowest BCUT2D eigenvalue weighted by molar-refractivity contribution is -0.0119. The summed E-state index contributed by atoms with van der Waals surface area (Å²) in [6.45, 7) is 8.34. The van der Waals surface area contributed by atoms with Crippen molar-refractivity contribution in [1.82, 2.24) is 10.2 Å². The van der Waals surface area contributed by atoms with Crippen LogP contribution in [0, 0.1) is 5.41 Å². The van der Waals surface area contributed by atoms with Gasteiger partial charge in [0, 0.05) is 45.2 Å². The van der Waals surface area contributed by atoms with Gasteiger partial charge in [0.2, 0.25) is 0 Å². The molecular formula is C11H24N2O2. The van der Waals surface area contributed by atoms with E-state index in [1.54, 1.807) is 7.11 Å². The van der Waals surface area contributed by atoms with Crippen molar-refractivity contribution in [1.29, 1.82) is 0 Å². The number of hydrogen-bond acceptors (Lipinski definition) is 4. The fraction of sp³-hybridized carbons (Fsp3) is 1.00. The summed E-state index contributed by atoms with van der Waals surface area (Å²) in [6, 6.07) is 0. The molecule has 0 radical (unpaired) electrons. The molecule has 0 aliphatic carbocycles. The van der Waals surface area contributed by atoms with E-state index in [0.29, 0.717) is 5.41 Å². The fourth-order valence-electron chi connectivity index (χ4n) is 2.19. The molecule has 0 atom stereocenters. The molecule has 0 saturated carbocycles. The first-order valence-electron chi connectivity index (χ1n) is 5.79. The second-order valence-corrected chi connectivity index (χ2v) is 4.46. The van der Waals surface area contributed by atoms with Gasteiger partial charge in [-0.1, -0.05) is 6.92 Å². The van der Waals surface area contributed by atoms with Gasteiger partial charge < -0.3 is 15.2 Å². The SMILES string of the molecule is CCC1(CNCCOC)CN(CCO)C1. The van der Waals surface area contributed by atoms with Crippen molar-refractivity contribution in [3.63, 3.8) is 0 Å². The smallest absolute Gasteiger partial charge is 0.0587 e. The van der Waals surface area contributed by atoms with Gasteiger partial charge in [0.25, 0.3) is 0 Å². The molecule has 0 bridgehead atoms. The number of nitrogens with zero attached hydrogens (tertiary/aromatic N) is 1. The average Bonchev–Trinajstić information content (AvgIpc) is 2.20. The third-order valence-electron chi connectivity index (χ3n) is 3.27. The summed E-state index contributed by atoms with van der Waals surface area (Å²) in [5.41, 5.74) is 0.433. The molecule has 0 amide bonds. The number of aliphatic hydroxyl groups is 1. The highest BCUT2D eigenvalue weighted by atomic mass is 16.5. The highest BCUT2D eigenvalue weighted by Crippen LogP contribution is 2.32. The molecule has 15 heavy (non-hydrogen) atoms. The van der Waals surface area contributed by atoms with Crippen molar-refractivity contribution in [2.45, 2.75) is 13.3 Å². The van der Waals surface area contributed by atoms with Crippen molar-refractivity contribution in [2.24, 2.45) is 5.41 Å². The Morgan fingerprint density at radius 3 is 2.73 bits per heavy atom. The summed E-state index contributed by atoms with van der Waals surface area (Å²) < 4.78 is 5.00. The topological polar surface area (TPSA) is 44.7 Å². The van der Waals surface area contributed by atoms with Crippen LogP contribution in [0.2, 0.25) is 0 Å². The van der Waals surface area contributed by atoms with Gasteiger partial charge in [-0.2, -0.15) is 0 Å². The van der Waals surface area contributed by atoms with Gasteiger partial charge >= 0.3 is 0 Å². The Kier molecular flexibility index (Phi) is 5.53. The maximum atomic E-state index is 8.82. The van der Waals surface area contributed by atoms with E-state index < -0.39 is 0 Å². The lowest BCUT2D eigenvalue weighted by Gasteiger charge is -2.50. The van der Waals surface area contributed by atoms with Crippen LogP contribution >= 0.6 is 0 Å². The normalized spacial score (nSPS) is 20.2. The van der Waals surface area contributed by atoms with E-state index >= 15 is 0 Å². The van der Waals surface area contributed by atoms with Crippen molar-refractivity contribution < 1.29 is 9.84 Å². The molecule has 2 N–H and O–H groups in total. The predicted molar refractivity (Wildman–Crippen MR) is 61.0 cm³/mol. The molecule has 90 valence electrons. The molecule has 1 heterocycles. The van der Waals surface area contributed by atoms with E-state index in [-0.39, 0.29) is 6.61 Å². The Hall–Kier alpha value is -0.160. The summed E-state index contributed by atoms with van der Waals surface area (Å²) >= 11 is 0. The zero-order valence-corrected chi connectivity index (χ0v) is 9.96. The minimum absolute atomic E-state index is 0.275. The average molecular weight is 216 g/mol. The second kappa shape index (κ2) is 6.43. The number of ether oxygens (including phenoxy) is 1. The predicted octanol–water partition coefficient (Wildman–Crippen LogP) is -0.0733. The molecule has 1 aliphatic heterocycles. The number of rotatable bonds is 8. The molecule has 1 fully saturated rings. The lowest BCUT2D eigenvalue weighted by atomic mass is 9.77. The molecule has 0 spiro atoms. The summed E-state index contributed by atoms with van der Waals surface area (Å²) in [6.07, 6.45) is 1.20. The first kappa shape index (κ1) is 12.9. The highest BCUT2D eigenvalue weighted by Gasteiger charge is 2.40. The summed E-state index contributed by atoms with van der Waals surface area (Å²) in [4.78, 5) is 2.31. The lowest BCUT2D eigenvalue weighted by Crippen LogP contribution is -2.60. The minimum Gasteiger partial charge on any atom is -0.395 e. The largest absolute Gasteiger partial charge is 0.395 e. The van der Waals surface area contributed by atoms with Gasteiger partial charge in [-0.15, -0.1) is 0 Å². The third kappa shape index (κ3) is 3.72. The molecule has 4 nitrogen and oxygen atoms in total. The van der Waals surface area contributed by atoms with E-state index in [2.05, 4.69) is 17.1 Å². The number of aliphatic hydroxyl groups excluding tert-OH is 1. The van der Waals surface area contributed by atoms with Crippen LogP contribution in [0.25, 0.3) is 0 Å². The molecule has 1 rings (SSSR count). The molecule has 1 saturated heterocycles. The van der Waals surface area contributed by atoms with Crippen LogP contribution in [-0.2, 0) is 4.74 Å². The van der Waals surface area contributed by atoms with E-state index in [0.717, 1.165) is 39.3 Å². The van der Waals surface area contributed by atoms with Crippen LogP contribution < -0.4 is 5.32 Å². The number of likely N-dealkylation sites (tertiary alicyclic amines) is 1. The Balaban J connectivity index is 2.14. The summed E-state index contributed by atoms with van der Waals surface area (Å²) in [5.74, 6) is 0. The molecule has 1 aliphatic rings. The van der Waals surface area contributed by atoms with Gasteiger partial charge in [-0.05, 0) is 6.42 Å². The van der Waals surface area contributed by atoms with Crippen LogP contribution in [0.5, 0.6) is 0 Å². The monoisotopic (exact) mass is 216 g/mol. The summed E-state index contributed by atoms with van der Waals surface area (Å²) in [7, 11) is 1.73. The Morgan fingerprint density at radius 1 is 1.47 bits per heavy atom. The molecule has 0 aromatic heterocycles. The van der Waals surface area contributed by atoms with Gasteiger partial charge in [-0.25, -0.2) is 0 Å². The fourth-order valence-corrected chi connectivity index (χ4v) is 2.19. The van der Waals surface area contributed by atoms with E-state index in [9.17, 15) is 0 Å². The maximum Gasteiger partial charge on any atom is 0.0587 e. The molecule has 0 unspecified atom stereocenters. The van der Waals surface area contributed by atoms with Gasteiger partial charge in [0.05, 0.1) is 13.2 Å². The second-order valence-electron chi connectivity index (χ2n) is 4.46. The van der Waals surface area contributed by atoms with Crippen molar-refractivity contribution in [3.05, 3.63) is 0 Å². The first-order chi connectivity index (χ1) is 7.26.